The first kappa shape index (κ1) is 27.5. The van der Waals surface area contributed by atoms with Gasteiger partial charge >= 0.3 is 19.7 Å². The molecule has 0 saturated carbocycles. The van der Waals surface area contributed by atoms with Crippen LogP contribution in [0.5, 0.6) is 5.75 Å². The van der Waals surface area contributed by atoms with E-state index in [9.17, 15) is 13.6 Å². The quantitative estimate of drug-likeness (QED) is 0.310. The van der Waals surface area contributed by atoms with Crippen molar-refractivity contribution in [2.75, 3.05) is 13.7 Å². The third kappa shape index (κ3) is 5.15. The largest absolute Gasteiger partial charge is 0.495 e. The van der Waals surface area contributed by atoms with Crippen LogP contribution >= 0.6 is 0 Å². The predicted molar refractivity (Wildman–Crippen MR) is 142 cm³/mol. The lowest BCUT2D eigenvalue weighted by molar-refractivity contribution is -0.146. The summed E-state index contributed by atoms with van der Waals surface area (Å²) in [6.07, 6.45) is 1.45. The first-order chi connectivity index (χ1) is 18.4. The molecule has 0 aliphatic carbocycles. The molecule has 2 aromatic carbocycles. The number of benzene rings is 2. The molecule has 5 rings (SSSR count). The van der Waals surface area contributed by atoms with E-state index >= 15 is 0 Å². The summed E-state index contributed by atoms with van der Waals surface area (Å²) >= 11 is 0. The third-order valence-corrected chi connectivity index (χ3v) is 8.11. The molecule has 2 fully saturated rings. The molecule has 2 aliphatic rings. The van der Waals surface area contributed by atoms with Crippen LogP contribution in [0.3, 0.4) is 0 Å². The fourth-order valence-electron chi connectivity index (χ4n) is 5.19. The number of alkyl halides is 2. The lowest BCUT2D eigenvalue weighted by atomic mass is 9.75. The molecule has 2 saturated heterocycles. The SMILES string of the molecule is COC(=O)[C@@H]1CCCN1Cc1cc2nc(-c3cccc(B4OC(C)(C)C(C)(C)O4)c3C)oc2cc1OC(F)F. The maximum atomic E-state index is 13.3. The number of ether oxygens (including phenoxy) is 2. The predicted octanol–water partition coefficient (Wildman–Crippen LogP) is 4.84. The number of oxazole rings is 1. The van der Waals surface area contributed by atoms with Crippen LogP contribution in [0.2, 0.25) is 0 Å². The lowest BCUT2D eigenvalue weighted by Gasteiger charge is -2.32. The second kappa shape index (κ2) is 10.2. The molecule has 2 aliphatic heterocycles. The normalized spacial score (nSPS) is 20.7. The topological polar surface area (TPSA) is 83.3 Å². The molecule has 0 unspecified atom stereocenters. The number of aromatic nitrogens is 1. The van der Waals surface area contributed by atoms with E-state index < -0.39 is 31.0 Å². The zero-order valence-corrected chi connectivity index (χ0v) is 23.0. The molecule has 11 heteroatoms. The summed E-state index contributed by atoms with van der Waals surface area (Å²) in [5.41, 5.74) is 2.80. The van der Waals surface area contributed by atoms with Crippen molar-refractivity contribution in [3.63, 3.8) is 0 Å². The molecular weight excluding hydrogens is 509 g/mol. The van der Waals surface area contributed by atoms with Crippen molar-refractivity contribution in [2.45, 2.75) is 77.9 Å². The van der Waals surface area contributed by atoms with E-state index in [4.69, 9.17) is 28.2 Å². The Morgan fingerprint density at radius 2 is 1.92 bits per heavy atom. The number of hydrogen-bond acceptors (Lipinski definition) is 8. The van der Waals surface area contributed by atoms with Gasteiger partial charge in [-0.3, -0.25) is 9.69 Å². The highest BCUT2D eigenvalue weighted by molar-refractivity contribution is 6.62. The number of hydrogen-bond donors (Lipinski definition) is 0. The Labute approximate surface area is 226 Å². The van der Waals surface area contributed by atoms with Gasteiger partial charge in [0.25, 0.3) is 0 Å². The number of likely N-dealkylation sites (tertiary alicyclic amines) is 1. The number of halogens is 2. The molecule has 39 heavy (non-hydrogen) atoms. The molecule has 208 valence electrons. The van der Waals surface area contributed by atoms with Gasteiger partial charge in [-0.1, -0.05) is 12.1 Å². The van der Waals surface area contributed by atoms with Crippen LogP contribution in [0.25, 0.3) is 22.6 Å². The zero-order valence-electron chi connectivity index (χ0n) is 23.0. The van der Waals surface area contributed by atoms with Gasteiger partial charge in [0.2, 0.25) is 5.89 Å². The van der Waals surface area contributed by atoms with Gasteiger partial charge in [0.15, 0.2) is 5.58 Å². The molecule has 3 heterocycles. The highest BCUT2D eigenvalue weighted by Crippen LogP contribution is 2.38. The average Bonchev–Trinajstić information content (AvgIpc) is 3.54. The van der Waals surface area contributed by atoms with E-state index in [1.54, 1.807) is 6.07 Å². The standard InChI is InChI=1S/C28H33BF2N2O6/c1-16-18(9-7-10-19(16)29-38-27(2,3)28(4,5)39-29)24-32-20-13-17(22(37-26(30)31)14-23(20)36-24)15-33-12-8-11-21(33)25(34)35-6/h7,9-10,13-14,21,26H,8,11-12,15H2,1-6H3/t21-/m0/s1. The number of carbonyl (C=O) groups excluding carboxylic acids is 1. The van der Waals surface area contributed by atoms with Gasteiger partial charge in [-0.25, -0.2) is 4.98 Å². The summed E-state index contributed by atoms with van der Waals surface area (Å²) in [6.45, 7) is 7.80. The molecular formula is C28H33BF2N2O6. The monoisotopic (exact) mass is 542 g/mol. The van der Waals surface area contributed by atoms with Gasteiger partial charge in [0.1, 0.15) is 17.3 Å². The Balaban J connectivity index is 1.50. The molecule has 3 aromatic rings. The van der Waals surface area contributed by atoms with E-state index in [0.29, 0.717) is 35.5 Å². The molecule has 8 nitrogen and oxygen atoms in total. The number of methoxy groups -OCH3 is 1. The van der Waals surface area contributed by atoms with Crippen LogP contribution in [-0.2, 0) is 25.4 Å². The van der Waals surface area contributed by atoms with Crippen LogP contribution in [0.4, 0.5) is 8.78 Å². The summed E-state index contributed by atoms with van der Waals surface area (Å²) in [6, 6.07) is 8.40. The van der Waals surface area contributed by atoms with Gasteiger partial charge in [-0.15, -0.1) is 0 Å². The van der Waals surface area contributed by atoms with Gasteiger partial charge in [0, 0.05) is 23.7 Å². The highest BCUT2D eigenvalue weighted by atomic mass is 19.3. The minimum Gasteiger partial charge on any atom is -0.468 e. The Morgan fingerprint density at radius 1 is 1.21 bits per heavy atom. The summed E-state index contributed by atoms with van der Waals surface area (Å²) in [5.74, 6) is -0.0148. The number of rotatable bonds is 7. The van der Waals surface area contributed by atoms with E-state index in [1.807, 2.05) is 57.7 Å². The minimum absolute atomic E-state index is 0.0154. The van der Waals surface area contributed by atoms with Crippen molar-refractivity contribution in [3.05, 3.63) is 41.5 Å². The molecule has 0 radical (unpaired) electrons. The van der Waals surface area contributed by atoms with Crippen LogP contribution in [0, 0.1) is 6.92 Å². The number of nitrogens with zero attached hydrogens (tertiary/aromatic N) is 2. The van der Waals surface area contributed by atoms with E-state index in [2.05, 4.69) is 0 Å². The Morgan fingerprint density at radius 3 is 2.59 bits per heavy atom. The van der Waals surface area contributed by atoms with Gasteiger partial charge in [-0.05, 0) is 77.2 Å². The zero-order chi connectivity index (χ0) is 28.1. The fourth-order valence-corrected chi connectivity index (χ4v) is 5.19. The second-order valence-corrected chi connectivity index (χ2v) is 11.1. The van der Waals surface area contributed by atoms with E-state index in [1.165, 1.54) is 13.2 Å². The average molecular weight is 542 g/mol. The molecule has 1 atom stereocenters. The summed E-state index contributed by atoms with van der Waals surface area (Å²) < 4.78 is 55.0. The van der Waals surface area contributed by atoms with E-state index in [0.717, 1.165) is 23.0 Å². The van der Waals surface area contributed by atoms with Crippen molar-refractivity contribution in [3.8, 4) is 17.2 Å². The second-order valence-electron chi connectivity index (χ2n) is 11.1. The van der Waals surface area contributed by atoms with Crippen molar-refractivity contribution in [1.82, 2.24) is 9.88 Å². The fraction of sp³-hybridized carbons (Fsp3) is 0.500. The number of esters is 1. The summed E-state index contributed by atoms with van der Waals surface area (Å²) in [4.78, 5) is 18.8. The van der Waals surface area contributed by atoms with Gasteiger partial charge in [-0.2, -0.15) is 8.78 Å². The Hall–Kier alpha value is -3.02. The summed E-state index contributed by atoms with van der Waals surface area (Å²) in [5, 5.41) is 0. The van der Waals surface area contributed by atoms with Crippen molar-refractivity contribution in [2.24, 2.45) is 0 Å². The molecule has 0 spiro atoms. The highest BCUT2D eigenvalue weighted by Gasteiger charge is 2.52. The van der Waals surface area contributed by atoms with Gasteiger partial charge in [0.05, 0.1) is 18.3 Å². The molecule has 1 aromatic heterocycles. The molecule has 0 amide bonds. The summed E-state index contributed by atoms with van der Waals surface area (Å²) in [7, 11) is 0.789. The number of fused-ring (bicyclic) bond motifs is 1. The smallest absolute Gasteiger partial charge is 0.468 e. The first-order valence-corrected chi connectivity index (χ1v) is 13.1. The van der Waals surface area contributed by atoms with Crippen molar-refractivity contribution in [1.29, 1.82) is 0 Å². The maximum absolute atomic E-state index is 13.3. The lowest BCUT2D eigenvalue weighted by Crippen LogP contribution is -2.41. The maximum Gasteiger partial charge on any atom is 0.495 e. The third-order valence-electron chi connectivity index (χ3n) is 8.11. The molecule has 0 bridgehead atoms. The van der Waals surface area contributed by atoms with Crippen LogP contribution in [-0.4, -0.2) is 60.5 Å². The molecule has 0 N–H and O–H groups in total. The first-order valence-electron chi connectivity index (χ1n) is 13.1. The van der Waals surface area contributed by atoms with Crippen molar-refractivity contribution < 1.29 is 36.8 Å². The van der Waals surface area contributed by atoms with Crippen LogP contribution in [0.15, 0.2) is 34.7 Å². The van der Waals surface area contributed by atoms with Gasteiger partial charge < -0.3 is 23.2 Å². The Bertz CT molecular complexity index is 1380. The van der Waals surface area contributed by atoms with Crippen molar-refractivity contribution >= 4 is 29.7 Å². The number of carbonyl (C=O) groups is 1. The van der Waals surface area contributed by atoms with Crippen LogP contribution in [0.1, 0.15) is 51.7 Å². The Kier molecular flexibility index (Phi) is 7.19. The van der Waals surface area contributed by atoms with E-state index in [-0.39, 0.29) is 18.3 Å². The van der Waals surface area contributed by atoms with Crippen LogP contribution < -0.4 is 10.2 Å². The minimum atomic E-state index is -3.02.